The van der Waals surface area contributed by atoms with Crippen molar-refractivity contribution >= 4 is 11.9 Å². The molecule has 1 amide bonds. The number of esters is 1. The molecule has 1 aromatic heterocycles. The zero-order valence-electron chi connectivity index (χ0n) is 18.9. The van der Waals surface area contributed by atoms with E-state index in [1.807, 2.05) is 62.4 Å². The summed E-state index contributed by atoms with van der Waals surface area (Å²) in [6, 6.07) is 17.8. The van der Waals surface area contributed by atoms with Gasteiger partial charge in [0, 0.05) is 18.7 Å². The van der Waals surface area contributed by atoms with E-state index in [1.165, 1.54) is 0 Å². The lowest BCUT2D eigenvalue weighted by molar-refractivity contribution is -0.149. The van der Waals surface area contributed by atoms with Crippen LogP contribution in [-0.2, 0) is 9.53 Å². The number of rotatable bonds is 5. The van der Waals surface area contributed by atoms with Gasteiger partial charge in [0.15, 0.2) is 0 Å². The molecule has 3 aromatic rings. The van der Waals surface area contributed by atoms with Gasteiger partial charge in [-0.25, -0.2) is 4.68 Å². The highest BCUT2D eigenvalue weighted by Gasteiger charge is 2.31. The molecule has 2 heterocycles. The molecule has 2 aromatic carbocycles. The number of carbonyl (C=O) groups excluding carboxylic acids is 2. The lowest BCUT2D eigenvalue weighted by atomic mass is 9.98. The van der Waals surface area contributed by atoms with E-state index in [9.17, 15) is 9.59 Å². The van der Waals surface area contributed by atoms with Crippen LogP contribution >= 0.6 is 0 Å². The monoisotopic (exact) mass is 431 g/mol. The molecule has 6 heteroatoms. The minimum atomic E-state index is -0.279. The Labute approximate surface area is 188 Å². The highest BCUT2D eigenvalue weighted by Crippen LogP contribution is 2.26. The Kier molecular flexibility index (Phi) is 6.40. The van der Waals surface area contributed by atoms with Crippen LogP contribution in [-0.4, -0.2) is 46.3 Å². The van der Waals surface area contributed by atoms with Crippen molar-refractivity contribution in [3.63, 3.8) is 0 Å². The van der Waals surface area contributed by atoms with Crippen molar-refractivity contribution in [2.24, 2.45) is 5.92 Å². The van der Waals surface area contributed by atoms with E-state index in [4.69, 9.17) is 9.84 Å². The summed E-state index contributed by atoms with van der Waals surface area (Å²) in [6.07, 6.45) is 1.52. The molecule has 0 aliphatic carbocycles. The third kappa shape index (κ3) is 4.44. The quantitative estimate of drug-likeness (QED) is 0.555. The van der Waals surface area contributed by atoms with E-state index < -0.39 is 0 Å². The van der Waals surface area contributed by atoms with Gasteiger partial charge < -0.3 is 9.64 Å². The summed E-state index contributed by atoms with van der Waals surface area (Å²) in [5.74, 6) is -0.620. The summed E-state index contributed by atoms with van der Waals surface area (Å²) in [5.41, 5.74) is 5.27. The minimum Gasteiger partial charge on any atom is -0.466 e. The first-order valence-electron chi connectivity index (χ1n) is 11.2. The Bertz CT molecular complexity index is 1120. The van der Waals surface area contributed by atoms with Crippen molar-refractivity contribution in [2.75, 3.05) is 19.7 Å². The molecule has 0 bridgehead atoms. The van der Waals surface area contributed by atoms with Crippen LogP contribution in [0.2, 0.25) is 0 Å². The SMILES string of the molecule is CCOC(=O)C1CCCN(C(=O)c2cc(-c3ccccc3)nn2-c2ccc(C)cc2C)C1. The van der Waals surface area contributed by atoms with Crippen LogP contribution in [0.5, 0.6) is 0 Å². The van der Waals surface area contributed by atoms with Crippen LogP contribution < -0.4 is 0 Å². The molecule has 1 aliphatic heterocycles. The van der Waals surface area contributed by atoms with Gasteiger partial charge in [-0.15, -0.1) is 0 Å². The number of aryl methyl sites for hydroxylation is 2. The van der Waals surface area contributed by atoms with Crippen molar-refractivity contribution in [3.05, 3.63) is 71.4 Å². The van der Waals surface area contributed by atoms with Gasteiger partial charge in [0.2, 0.25) is 0 Å². The molecule has 0 radical (unpaired) electrons. The van der Waals surface area contributed by atoms with Crippen molar-refractivity contribution in [1.29, 1.82) is 0 Å². The van der Waals surface area contributed by atoms with Crippen LogP contribution in [0.25, 0.3) is 16.9 Å². The number of benzene rings is 2. The van der Waals surface area contributed by atoms with Crippen LogP contribution in [0, 0.1) is 19.8 Å². The third-order valence-corrected chi connectivity index (χ3v) is 5.91. The van der Waals surface area contributed by atoms with E-state index >= 15 is 0 Å². The molecule has 1 fully saturated rings. The van der Waals surface area contributed by atoms with Gasteiger partial charge in [0.05, 0.1) is 23.9 Å². The fourth-order valence-electron chi connectivity index (χ4n) is 4.29. The molecule has 4 rings (SSSR count). The smallest absolute Gasteiger partial charge is 0.310 e. The average molecular weight is 432 g/mol. The van der Waals surface area contributed by atoms with Gasteiger partial charge in [-0.05, 0) is 51.3 Å². The summed E-state index contributed by atoms with van der Waals surface area (Å²) in [5, 5.41) is 4.82. The van der Waals surface area contributed by atoms with Crippen molar-refractivity contribution in [1.82, 2.24) is 14.7 Å². The Morgan fingerprint density at radius 1 is 1.09 bits per heavy atom. The number of amides is 1. The van der Waals surface area contributed by atoms with Gasteiger partial charge in [0.25, 0.3) is 5.91 Å². The molecule has 6 nitrogen and oxygen atoms in total. The number of piperidine rings is 1. The molecular weight excluding hydrogens is 402 g/mol. The van der Waals surface area contributed by atoms with Gasteiger partial charge in [-0.2, -0.15) is 5.10 Å². The minimum absolute atomic E-state index is 0.117. The number of aromatic nitrogens is 2. The van der Waals surface area contributed by atoms with Crippen molar-refractivity contribution < 1.29 is 14.3 Å². The van der Waals surface area contributed by atoms with Crippen molar-refractivity contribution in [2.45, 2.75) is 33.6 Å². The first-order valence-corrected chi connectivity index (χ1v) is 11.2. The number of ether oxygens (including phenoxy) is 1. The summed E-state index contributed by atoms with van der Waals surface area (Å²) in [6.45, 7) is 7.22. The van der Waals surface area contributed by atoms with E-state index in [1.54, 1.807) is 16.5 Å². The lowest BCUT2D eigenvalue weighted by Crippen LogP contribution is -2.43. The highest BCUT2D eigenvalue weighted by molar-refractivity contribution is 5.95. The van der Waals surface area contributed by atoms with Gasteiger partial charge >= 0.3 is 5.97 Å². The fraction of sp³-hybridized carbons (Fsp3) is 0.346. The predicted octanol–water partition coefficient (Wildman–Crippen LogP) is 4.57. The second-order valence-electron chi connectivity index (χ2n) is 8.32. The molecule has 0 N–H and O–H groups in total. The first kappa shape index (κ1) is 21.8. The second kappa shape index (κ2) is 9.39. The van der Waals surface area contributed by atoms with Crippen molar-refractivity contribution in [3.8, 4) is 16.9 Å². The number of nitrogens with zero attached hydrogens (tertiary/aromatic N) is 3. The lowest BCUT2D eigenvalue weighted by Gasteiger charge is -2.31. The third-order valence-electron chi connectivity index (χ3n) is 5.91. The molecule has 0 spiro atoms. The molecule has 1 unspecified atom stereocenters. The Morgan fingerprint density at radius 2 is 1.88 bits per heavy atom. The van der Waals surface area contributed by atoms with Gasteiger partial charge in [-0.3, -0.25) is 9.59 Å². The predicted molar refractivity (Wildman–Crippen MR) is 124 cm³/mol. The van der Waals surface area contributed by atoms with Crippen LogP contribution in [0.15, 0.2) is 54.6 Å². The second-order valence-corrected chi connectivity index (χ2v) is 8.32. The Hall–Kier alpha value is -3.41. The highest BCUT2D eigenvalue weighted by atomic mass is 16.5. The maximum atomic E-state index is 13.7. The Balaban J connectivity index is 1.72. The molecule has 0 saturated carbocycles. The first-order chi connectivity index (χ1) is 15.5. The zero-order valence-corrected chi connectivity index (χ0v) is 18.9. The molecular formula is C26H29N3O3. The van der Waals surface area contributed by atoms with E-state index in [0.717, 1.165) is 40.9 Å². The van der Waals surface area contributed by atoms with E-state index in [-0.39, 0.29) is 17.8 Å². The summed E-state index contributed by atoms with van der Waals surface area (Å²) < 4.78 is 6.95. The number of hydrogen-bond donors (Lipinski definition) is 0. The molecule has 1 saturated heterocycles. The molecule has 1 atom stereocenters. The van der Waals surface area contributed by atoms with Crippen LogP contribution in [0.3, 0.4) is 0 Å². The normalized spacial score (nSPS) is 16.1. The molecule has 32 heavy (non-hydrogen) atoms. The summed E-state index contributed by atoms with van der Waals surface area (Å²) >= 11 is 0. The van der Waals surface area contributed by atoms with E-state index in [0.29, 0.717) is 25.4 Å². The largest absolute Gasteiger partial charge is 0.466 e. The average Bonchev–Trinajstić information content (AvgIpc) is 3.24. The van der Waals surface area contributed by atoms with Crippen LogP contribution in [0.1, 0.15) is 41.4 Å². The molecule has 166 valence electrons. The topological polar surface area (TPSA) is 64.4 Å². The number of carbonyl (C=O) groups is 2. The summed E-state index contributed by atoms with van der Waals surface area (Å²) in [7, 11) is 0. The zero-order chi connectivity index (χ0) is 22.7. The van der Waals surface area contributed by atoms with Gasteiger partial charge in [-0.1, -0.05) is 48.0 Å². The maximum Gasteiger partial charge on any atom is 0.310 e. The standard InChI is InChI=1S/C26H29N3O3/c1-4-32-26(31)21-11-8-14-28(17-21)25(30)24-16-22(20-9-6-5-7-10-20)27-29(24)23-13-12-18(2)15-19(23)3/h5-7,9-10,12-13,15-16,21H,4,8,11,14,17H2,1-3H3. The fourth-order valence-corrected chi connectivity index (χ4v) is 4.29. The van der Waals surface area contributed by atoms with Crippen LogP contribution in [0.4, 0.5) is 0 Å². The number of likely N-dealkylation sites (tertiary alicyclic amines) is 1. The number of hydrogen-bond acceptors (Lipinski definition) is 4. The summed E-state index contributed by atoms with van der Waals surface area (Å²) in [4.78, 5) is 27.7. The van der Waals surface area contributed by atoms with Gasteiger partial charge in [0.1, 0.15) is 5.69 Å². The van der Waals surface area contributed by atoms with E-state index in [2.05, 4.69) is 6.07 Å². The Morgan fingerprint density at radius 3 is 2.59 bits per heavy atom. The maximum absolute atomic E-state index is 13.7. The molecule has 1 aliphatic rings.